The van der Waals surface area contributed by atoms with E-state index in [4.69, 9.17) is 4.74 Å². The Labute approximate surface area is 137 Å². The van der Waals surface area contributed by atoms with Crippen LogP contribution in [-0.4, -0.2) is 18.5 Å². The monoisotopic (exact) mass is 348 g/mol. The zero-order chi connectivity index (χ0) is 17.7. The van der Waals surface area contributed by atoms with E-state index in [0.717, 1.165) is 44.2 Å². The van der Waals surface area contributed by atoms with E-state index in [0.29, 0.717) is 5.92 Å². The first kappa shape index (κ1) is 18.5. The summed E-state index contributed by atoms with van der Waals surface area (Å²) in [4.78, 5) is 12.1. The van der Waals surface area contributed by atoms with Crippen molar-refractivity contribution in [2.45, 2.75) is 51.6 Å². The molecule has 0 unspecified atom stereocenters. The van der Waals surface area contributed by atoms with E-state index in [1.54, 1.807) is 0 Å². The fourth-order valence-electron chi connectivity index (χ4n) is 2.78. The van der Waals surface area contributed by atoms with Gasteiger partial charge in [-0.2, -0.15) is 17.6 Å². The van der Waals surface area contributed by atoms with Gasteiger partial charge in [0.2, 0.25) is 0 Å². The molecule has 1 aromatic carbocycles. The number of benzene rings is 1. The van der Waals surface area contributed by atoms with Gasteiger partial charge in [0, 0.05) is 0 Å². The first-order valence-corrected chi connectivity index (χ1v) is 7.98. The lowest BCUT2D eigenvalue weighted by Gasteiger charge is -2.26. The highest BCUT2D eigenvalue weighted by Crippen LogP contribution is 2.32. The predicted octanol–water partition coefficient (Wildman–Crippen LogP) is 5.05. The third kappa shape index (κ3) is 4.85. The van der Waals surface area contributed by atoms with Crippen molar-refractivity contribution in [1.82, 2.24) is 0 Å². The van der Waals surface area contributed by atoms with E-state index >= 15 is 0 Å². The van der Waals surface area contributed by atoms with Crippen molar-refractivity contribution >= 4 is 5.97 Å². The third-order valence-electron chi connectivity index (χ3n) is 4.31. The highest BCUT2D eigenvalue weighted by atomic mass is 19.3. The van der Waals surface area contributed by atoms with E-state index in [-0.39, 0.29) is 17.6 Å². The van der Waals surface area contributed by atoms with Gasteiger partial charge in [-0.15, -0.1) is 0 Å². The van der Waals surface area contributed by atoms with Crippen molar-refractivity contribution in [3.05, 3.63) is 24.3 Å². The molecule has 0 N–H and O–H groups in total. The molecule has 0 aromatic heterocycles. The summed E-state index contributed by atoms with van der Waals surface area (Å²) in [5.41, 5.74) is 0. The molecule has 7 heteroatoms. The van der Waals surface area contributed by atoms with Crippen LogP contribution >= 0.6 is 0 Å². The van der Waals surface area contributed by atoms with Crippen LogP contribution in [-0.2, 0) is 4.79 Å². The second-order valence-electron chi connectivity index (χ2n) is 5.98. The minimum Gasteiger partial charge on any atom is -0.428 e. The van der Waals surface area contributed by atoms with Crippen molar-refractivity contribution in [3.8, 4) is 11.5 Å². The molecule has 0 radical (unpaired) electrons. The van der Waals surface area contributed by atoms with Crippen molar-refractivity contribution in [2.75, 3.05) is 0 Å². The van der Waals surface area contributed by atoms with Crippen LogP contribution in [0.1, 0.15) is 39.0 Å². The van der Waals surface area contributed by atoms with Gasteiger partial charge < -0.3 is 9.47 Å². The lowest BCUT2D eigenvalue weighted by atomic mass is 9.81. The van der Waals surface area contributed by atoms with Crippen LogP contribution in [0.25, 0.3) is 0 Å². The normalized spacial score (nSPS) is 21.6. The maximum absolute atomic E-state index is 12.8. The van der Waals surface area contributed by atoms with E-state index < -0.39 is 18.3 Å². The molecule has 1 aliphatic rings. The quantitative estimate of drug-likeness (QED) is 0.410. The summed E-state index contributed by atoms with van der Waals surface area (Å²) in [5, 5.41) is 0. The van der Waals surface area contributed by atoms with Gasteiger partial charge in [-0.3, -0.25) is 4.79 Å². The first-order chi connectivity index (χ1) is 11.3. The van der Waals surface area contributed by atoms with E-state index in [1.807, 2.05) is 0 Å². The van der Waals surface area contributed by atoms with Crippen molar-refractivity contribution < 1.29 is 31.8 Å². The van der Waals surface area contributed by atoms with Gasteiger partial charge in [-0.25, -0.2) is 0 Å². The van der Waals surface area contributed by atoms with E-state index in [9.17, 15) is 22.4 Å². The topological polar surface area (TPSA) is 35.5 Å². The predicted molar refractivity (Wildman–Crippen MR) is 79.4 cm³/mol. The highest BCUT2D eigenvalue weighted by Gasteiger charge is 2.43. The maximum atomic E-state index is 12.8. The van der Waals surface area contributed by atoms with Crippen LogP contribution in [0.2, 0.25) is 0 Å². The van der Waals surface area contributed by atoms with Gasteiger partial charge in [0.1, 0.15) is 11.5 Å². The molecule has 0 atom stereocenters. The van der Waals surface area contributed by atoms with Crippen LogP contribution in [0.15, 0.2) is 24.3 Å². The van der Waals surface area contributed by atoms with Gasteiger partial charge in [0.15, 0.2) is 0 Å². The number of alkyl halides is 4. The Balaban J connectivity index is 1.88. The molecule has 3 nitrogen and oxygen atoms in total. The second kappa shape index (κ2) is 7.85. The zero-order valence-electron chi connectivity index (χ0n) is 13.3. The summed E-state index contributed by atoms with van der Waals surface area (Å²) in [7, 11) is 0. The fourth-order valence-corrected chi connectivity index (χ4v) is 2.78. The Bertz CT molecular complexity index is 537. The van der Waals surface area contributed by atoms with Crippen molar-refractivity contribution in [1.29, 1.82) is 0 Å². The Hall–Kier alpha value is -1.79. The van der Waals surface area contributed by atoms with Crippen LogP contribution in [0.5, 0.6) is 11.5 Å². The summed E-state index contributed by atoms with van der Waals surface area (Å²) < 4.78 is 58.9. The second-order valence-corrected chi connectivity index (χ2v) is 5.98. The van der Waals surface area contributed by atoms with Crippen molar-refractivity contribution in [3.63, 3.8) is 0 Å². The molecule has 0 bridgehead atoms. The molecule has 1 aromatic rings. The Morgan fingerprint density at radius 1 is 1.12 bits per heavy atom. The number of rotatable bonds is 6. The number of hydrogen-bond acceptors (Lipinski definition) is 3. The Morgan fingerprint density at radius 2 is 1.67 bits per heavy atom. The van der Waals surface area contributed by atoms with E-state index in [1.165, 1.54) is 12.1 Å². The van der Waals surface area contributed by atoms with Crippen molar-refractivity contribution in [2.24, 2.45) is 11.8 Å². The molecule has 1 saturated carbocycles. The standard InChI is InChI=1S/C17H20F4O3/c1-2-11-3-5-12(6-4-11)15(22)23-13-7-9-14(10-8-13)24-17(20,21)16(18)19/h7-12,16H,2-6H2,1H3. The summed E-state index contributed by atoms with van der Waals surface area (Å²) >= 11 is 0. The maximum Gasteiger partial charge on any atom is 0.461 e. The molecule has 2 rings (SSSR count). The smallest absolute Gasteiger partial charge is 0.428 e. The van der Waals surface area contributed by atoms with Gasteiger partial charge in [0.25, 0.3) is 0 Å². The fraction of sp³-hybridized carbons (Fsp3) is 0.588. The first-order valence-electron chi connectivity index (χ1n) is 7.98. The van der Waals surface area contributed by atoms with Crippen LogP contribution in [0, 0.1) is 11.8 Å². The minimum absolute atomic E-state index is 0.160. The summed E-state index contributed by atoms with van der Waals surface area (Å²) in [5.74, 6) is -0.112. The highest BCUT2D eigenvalue weighted by molar-refractivity contribution is 5.75. The molecular formula is C17H20F4O3. The van der Waals surface area contributed by atoms with Crippen LogP contribution < -0.4 is 9.47 Å². The lowest BCUT2D eigenvalue weighted by Crippen LogP contribution is -2.33. The Kier molecular flexibility index (Phi) is 6.07. The molecular weight excluding hydrogens is 328 g/mol. The Morgan fingerprint density at radius 3 is 2.17 bits per heavy atom. The van der Waals surface area contributed by atoms with Gasteiger partial charge in [-0.05, 0) is 55.9 Å². The number of carbonyl (C=O) groups is 1. The average Bonchev–Trinajstić information content (AvgIpc) is 2.56. The lowest BCUT2D eigenvalue weighted by molar-refractivity contribution is -0.253. The largest absolute Gasteiger partial charge is 0.461 e. The molecule has 24 heavy (non-hydrogen) atoms. The summed E-state index contributed by atoms with van der Waals surface area (Å²) in [6.07, 6.45) is -3.84. The van der Waals surface area contributed by atoms with Gasteiger partial charge >= 0.3 is 18.5 Å². The minimum atomic E-state index is -4.56. The SMILES string of the molecule is CCC1CCC(C(=O)Oc2ccc(OC(F)(F)C(F)F)cc2)CC1. The third-order valence-corrected chi connectivity index (χ3v) is 4.31. The molecule has 0 spiro atoms. The van der Waals surface area contributed by atoms with Gasteiger partial charge in [0.05, 0.1) is 5.92 Å². The number of halogens is 4. The molecule has 1 aliphatic carbocycles. The van der Waals surface area contributed by atoms with Crippen LogP contribution in [0.3, 0.4) is 0 Å². The molecule has 134 valence electrons. The summed E-state index contributed by atoms with van der Waals surface area (Å²) in [6, 6.07) is 4.61. The number of hydrogen-bond donors (Lipinski definition) is 0. The molecule has 0 aliphatic heterocycles. The number of ether oxygens (including phenoxy) is 2. The molecule has 0 heterocycles. The number of carbonyl (C=O) groups excluding carboxylic acids is 1. The molecule has 0 amide bonds. The average molecular weight is 348 g/mol. The number of esters is 1. The van der Waals surface area contributed by atoms with E-state index in [2.05, 4.69) is 11.7 Å². The van der Waals surface area contributed by atoms with Crippen LogP contribution in [0.4, 0.5) is 17.6 Å². The summed E-state index contributed by atoms with van der Waals surface area (Å²) in [6.45, 7) is 2.13. The zero-order valence-corrected chi connectivity index (χ0v) is 13.3. The molecule has 0 saturated heterocycles. The van der Waals surface area contributed by atoms with Gasteiger partial charge in [-0.1, -0.05) is 13.3 Å². The molecule has 1 fully saturated rings.